The number of benzene rings is 1. The lowest BCUT2D eigenvalue weighted by molar-refractivity contribution is 0.0697. The minimum atomic E-state index is -0.838. The summed E-state index contributed by atoms with van der Waals surface area (Å²) in [7, 11) is 2.10. The van der Waals surface area contributed by atoms with Crippen LogP contribution in [-0.4, -0.2) is 36.1 Å². The Labute approximate surface area is 101 Å². The van der Waals surface area contributed by atoms with Gasteiger partial charge < -0.3 is 10.0 Å². The molecule has 1 heterocycles. The van der Waals surface area contributed by atoms with E-state index in [9.17, 15) is 4.79 Å². The van der Waals surface area contributed by atoms with Gasteiger partial charge in [-0.3, -0.25) is 0 Å². The second kappa shape index (κ2) is 5.32. The Morgan fingerprint density at radius 3 is 2.50 bits per heavy atom. The average molecular weight is 242 g/mol. The zero-order valence-electron chi connectivity index (χ0n) is 9.27. The van der Waals surface area contributed by atoms with Crippen LogP contribution in [0.5, 0.6) is 0 Å². The summed E-state index contributed by atoms with van der Waals surface area (Å²) < 4.78 is 0. The number of carboxylic acids is 1. The number of carbonyl (C=O) groups is 1. The Bertz CT molecular complexity index is 393. The van der Waals surface area contributed by atoms with Gasteiger partial charge in [-0.15, -0.1) is 12.4 Å². The van der Waals surface area contributed by atoms with E-state index in [1.807, 2.05) is 12.1 Å². The molecule has 4 heteroatoms. The zero-order chi connectivity index (χ0) is 10.8. The Kier molecular flexibility index (Phi) is 4.33. The molecule has 1 aliphatic heterocycles. The van der Waals surface area contributed by atoms with Gasteiger partial charge in [0.2, 0.25) is 0 Å². The number of hydrogen-bond acceptors (Lipinski definition) is 2. The van der Waals surface area contributed by atoms with Crippen LogP contribution in [0.2, 0.25) is 0 Å². The van der Waals surface area contributed by atoms with Gasteiger partial charge in [-0.2, -0.15) is 0 Å². The van der Waals surface area contributed by atoms with Gasteiger partial charge in [-0.1, -0.05) is 6.07 Å². The molecular formula is C12H16ClNO2. The Balaban J connectivity index is 0.00000128. The number of fused-ring (bicyclic) bond motifs is 1. The molecule has 16 heavy (non-hydrogen) atoms. The monoisotopic (exact) mass is 241 g/mol. The quantitative estimate of drug-likeness (QED) is 0.816. The molecule has 1 aliphatic rings. The van der Waals surface area contributed by atoms with E-state index in [1.54, 1.807) is 6.07 Å². The van der Waals surface area contributed by atoms with Crippen molar-refractivity contribution in [1.29, 1.82) is 0 Å². The van der Waals surface area contributed by atoms with E-state index in [0.29, 0.717) is 5.56 Å². The summed E-state index contributed by atoms with van der Waals surface area (Å²) in [5.41, 5.74) is 2.89. The predicted octanol–water partition coefficient (Wildman–Crippen LogP) is 1.84. The highest BCUT2D eigenvalue weighted by Crippen LogP contribution is 2.17. The Hall–Kier alpha value is -1.06. The average Bonchev–Trinajstić information content (AvgIpc) is 2.40. The van der Waals surface area contributed by atoms with E-state index in [0.717, 1.165) is 25.9 Å². The van der Waals surface area contributed by atoms with Crippen LogP contribution >= 0.6 is 12.4 Å². The van der Waals surface area contributed by atoms with E-state index in [-0.39, 0.29) is 12.4 Å². The van der Waals surface area contributed by atoms with Crippen molar-refractivity contribution in [1.82, 2.24) is 4.90 Å². The van der Waals surface area contributed by atoms with Crippen LogP contribution < -0.4 is 0 Å². The van der Waals surface area contributed by atoms with Gasteiger partial charge in [0.15, 0.2) is 0 Å². The van der Waals surface area contributed by atoms with Crippen LogP contribution in [0, 0.1) is 0 Å². The molecule has 0 saturated heterocycles. The van der Waals surface area contributed by atoms with Crippen LogP contribution in [0.15, 0.2) is 18.2 Å². The summed E-state index contributed by atoms with van der Waals surface area (Å²) >= 11 is 0. The first-order valence-corrected chi connectivity index (χ1v) is 5.20. The van der Waals surface area contributed by atoms with E-state index >= 15 is 0 Å². The van der Waals surface area contributed by atoms with Gasteiger partial charge >= 0.3 is 5.97 Å². The molecular weight excluding hydrogens is 226 g/mol. The SMILES string of the molecule is CN1CCc2ccc(C(=O)O)cc2CC1.Cl. The highest BCUT2D eigenvalue weighted by Gasteiger charge is 2.13. The second-order valence-corrected chi connectivity index (χ2v) is 4.09. The van der Waals surface area contributed by atoms with E-state index in [2.05, 4.69) is 11.9 Å². The molecule has 0 unspecified atom stereocenters. The molecule has 2 rings (SSSR count). The van der Waals surface area contributed by atoms with Gasteiger partial charge in [-0.05, 0) is 43.1 Å². The molecule has 1 aromatic carbocycles. The van der Waals surface area contributed by atoms with Gasteiger partial charge in [-0.25, -0.2) is 4.79 Å². The molecule has 88 valence electrons. The highest BCUT2D eigenvalue weighted by molar-refractivity contribution is 5.87. The molecule has 0 aliphatic carbocycles. The van der Waals surface area contributed by atoms with Gasteiger partial charge in [0.25, 0.3) is 0 Å². The summed E-state index contributed by atoms with van der Waals surface area (Å²) in [6.45, 7) is 2.06. The second-order valence-electron chi connectivity index (χ2n) is 4.09. The smallest absolute Gasteiger partial charge is 0.335 e. The minimum Gasteiger partial charge on any atom is -0.478 e. The van der Waals surface area contributed by atoms with Gasteiger partial charge in [0.1, 0.15) is 0 Å². The number of rotatable bonds is 1. The van der Waals surface area contributed by atoms with Crippen molar-refractivity contribution in [2.75, 3.05) is 20.1 Å². The predicted molar refractivity (Wildman–Crippen MR) is 65.6 cm³/mol. The first kappa shape index (κ1) is 13.0. The normalized spacial score (nSPS) is 15.8. The van der Waals surface area contributed by atoms with E-state index in [4.69, 9.17) is 5.11 Å². The zero-order valence-corrected chi connectivity index (χ0v) is 10.1. The van der Waals surface area contributed by atoms with Crippen molar-refractivity contribution < 1.29 is 9.90 Å². The topological polar surface area (TPSA) is 40.5 Å². The molecule has 3 nitrogen and oxygen atoms in total. The molecule has 0 aromatic heterocycles. The first-order chi connectivity index (χ1) is 7.16. The van der Waals surface area contributed by atoms with Gasteiger partial charge in [0, 0.05) is 13.1 Å². The third-order valence-electron chi connectivity index (χ3n) is 2.98. The number of nitrogens with zero attached hydrogens (tertiary/aromatic N) is 1. The summed E-state index contributed by atoms with van der Waals surface area (Å²) in [4.78, 5) is 13.1. The Morgan fingerprint density at radius 1 is 1.25 bits per heavy atom. The minimum absolute atomic E-state index is 0. The number of halogens is 1. The summed E-state index contributed by atoms with van der Waals surface area (Å²) in [6.07, 6.45) is 1.97. The van der Waals surface area contributed by atoms with Crippen molar-refractivity contribution in [2.24, 2.45) is 0 Å². The summed E-state index contributed by atoms with van der Waals surface area (Å²) in [5, 5.41) is 8.90. The fourth-order valence-corrected chi connectivity index (χ4v) is 1.97. The maximum atomic E-state index is 10.8. The van der Waals surface area contributed by atoms with Crippen molar-refractivity contribution >= 4 is 18.4 Å². The molecule has 0 radical (unpaired) electrons. The molecule has 0 fully saturated rings. The maximum absolute atomic E-state index is 10.8. The number of likely N-dealkylation sites (N-methyl/N-ethyl adjacent to an activating group) is 1. The molecule has 0 atom stereocenters. The molecule has 0 spiro atoms. The van der Waals surface area contributed by atoms with E-state index < -0.39 is 5.97 Å². The number of carboxylic acid groups (broad SMARTS) is 1. The standard InChI is InChI=1S/C12H15NO2.ClH/c1-13-6-4-9-2-3-11(12(14)15)8-10(9)5-7-13;/h2-3,8H,4-7H2,1H3,(H,14,15);1H. The maximum Gasteiger partial charge on any atom is 0.335 e. The van der Waals surface area contributed by atoms with Crippen molar-refractivity contribution in [3.05, 3.63) is 34.9 Å². The molecule has 0 bridgehead atoms. The summed E-state index contributed by atoms with van der Waals surface area (Å²) in [5.74, 6) is -0.838. The number of aromatic carboxylic acids is 1. The molecule has 1 N–H and O–H groups in total. The van der Waals surface area contributed by atoms with Crippen LogP contribution in [0.1, 0.15) is 21.5 Å². The van der Waals surface area contributed by atoms with E-state index in [1.165, 1.54) is 11.1 Å². The summed E-state index contributed by atoms with van der Waals surface area (Å²) in [6, 6.07) is 5.47. The van der Waals surface area contributed by atoms with Crippen LogP contribution in [0.25, 0.3) is 0 Å². The fraction of sp³-hybridized carbons (Fsp3) is 0.417. The lowest BCUT2D eigenvalue weighted by Crippen LogP contribution is -2.20. The molecule has 0 amide bonds. The number of hydrogen-bond donors (Lipinski definition) is 1. The molecule has 1 aromatic rings. The third-order valence-corrected chi connectivity index (χ3v) is 2.98. The lowest BCUT2D eigenvalue weighted by atomic mass is 10.0. The fourth-order valence-electron chi connectivity index (χ4n) is 1.97. The van der Waals surface area contributed by atoms with Gasteiger partial charge in [0.05, 0.1) is 5.56 Å². The van der Waals surface area contributed by atoms with Crippen LogP contribution in [-0.2, 0) is 12.8 Å². The van der Waals surface area contributed by atoms with Crippen LogP contribution in [0.3, 0.4) is 0 Å². The van der Waals surface area contributed by atoms with Crippen molar-refractivity contribution in [3.63, 3.8) is 0 Å². The molecule has 0 saturated carbocycles. The third kappa shape index (κ3) is 2.74. The highest BCUT2D eigenvalue weighted by atomic mass is 35.5. The van der Waals surface area contributed by atoms with Crippen LogP contribution in [0.4, 0.5) is 0 Å². The first-order valence-electron chi connectivity index (χ1n) is 5.20. The van der Waals surface area contributed by atoms with Crippen molar-refractivity contribution in [2.45, 2.75) is 12.8 Å². The Morgan fingerprint density at radius 2 is 1.88 bits per heavy atom. The largest absolute Gasteiger partial charge is 0.478 e. The lowest BCUT2D eigenvalue weighted by Gasteiger charge is -2.10. The van der Waals surface area contributed by atoms with Crippen molar-refractivity contribution in [3.8, 4) is 0 Å².